The molecule has 0 aliphatic carbocycles. The third kappa shape index (κ3) is 5.20. The topological polar surface area (TPSA) is 41.6 Å². The number of halogens is 1. The molecule has 0 aromatic heterocycles. The summed E-state index contributed by atoms with van der Waals surface area (Å²) in [7, 11) is 0. The van der Waals surface area contributed by atoms with Crippen molar-refractivity contribution in [3.05, 3.63) is 34.9 Å². The maximum absolute atomic E-state index is 12.2. The van der Waals surface area contributed by atoms with Gasteiger partial charge in [-0.3, -0.25) is 9.69 Å². The third-order valence-electron chi connectivity index (χ3n) is 5.03. The zero-order chi connectivity index (χ0) is 16.8. The van der Waals surface area contributed by atoms with Crippen molar-refractivity contribution in [1.29, 1.82) is 0 Å². The van der Waals surface area contributed by atoms with E-state index in [9.17, 15) is 4.79 Å². The number of carbonyl (C=O) groups excluding carboxylic acids is 1. The van der Waals surface area contributed by atoms with Crippen LogP contribution >= 0.6 is 11.6 Å². The van der Waals surface area contributed by atoms with Crippen LogP contribution in [0.3, 0.4) is 0 Å². The Morgan fingerprint density at radius 1 is 1.25 bits per heavy atom. The number of piperidine rings is 1. The number of nitrogens with zero attached hydrogens (tertiary/aromatic N) is 1. The highest BCUT2D eigenvalue weighted by Crippen LogP contribution is 2.21. The molecule has 132 valence electrons. The Labute approximate surface area is 149 Å². The summed E-state index contributed by atoms with van der Waals surface area (Å²) in [5.74, 6) is 0.592. The van der Waals surface area contributed by atoms with Gasteiger partial charge in [-0.2, -0.15) is 0 Å². The van der Waals surface area contributed by atoms with Crippen LogP contribution in [0, 0.1) is 5.92 Å². The largest absolute Gasteiger partial charge is 0.381 e. The summed E-state index contributed by atoms with van der Waals surface area (Å²) in [5, 5.41) is 4.05. The van der Waals surface area contributed by atoms with E-state index in [-0.39, 0.29) is 5.91 Å². The van der Waals surface area contributed by atoms with E-state index in [0.29, 0.717) is 18.4 Å². The van der Waals surface area contributed by atoms with Crippen molar-refractivity contribution >= 4 is 17.5 Å². The quantitative estimate of drug-likeness (QED) is 0.886. The normalized spacial score (nSPS) is 23.1. The fraction of sp³-hybridized carbons (Fsp3) is 0.632. The second-order valence-corrected chi connectivity index (χ2v) is 7.40. The summed E-state index contributed by atoms with van der Waals surface area (Å²) in [6, 6.07) is 8.33. The predicted molar refractivity (Wildman–Crippen MR) is 96.1 cm³/mol. The molecule has 2 heterocycles. The van der Waals surface area contributed by atoms with Crippen molar-refractivity contribution in [2.75, 3.05) is 26.3 Å². The van der Waals surface area contributed by atoms with E-state index in [1.807, 2.05) is 18.2 Å². The molecule has 1 aromatic rings. The van der Waals surface area contributed by atoms with Crippen LogP contribution in [0.4, 0.5) is 0 Å². The molecule has 2 fully saturated rings. The number of carbonyl (C=O) groups is 1. The van der Waals surface area contributed by atoms with E-state index < -0.39 is 0 Å². The van der Waals surface area contributed by atoms with Crippen LogP contribution in [0.25, 0.3) is 0 Å². The molecule has 0 radical (unpaired) electrons. The third-order valence-corrected chi connectivity index (χ3v) is 5.40. The molecule has 1 aromatic carbocycles. The van der Waals surface area contributed by atoms with Crippen LogP contribution in [-0.4, -0.2) is 43.2 Å². The van der Waals surface area contributed by atoms with Gasteiger partial charge >= 0.3 is 0 Å². The fourth-order valence-corrected chi connectivity index (χ4v) is 3.82. The highest BCUT2D eigenvalue weighted by molar-refractivity contribution is 6.31. The minimum absolute atomic E-state index is 0.190. The van der Waals surface area contributed by atoms with E-state index in [0.717, 1.165) is 63.6 Å². The first kappa shape index (κ1) is 17.7. The number of rotatable bonds is 5. The highest BCUT2D eigenvalue weighted by atomic mass is 35.5. The number of likely N-dealkylation sites (tertiary alicyclic amines) is 1. The van der Waals surface area contributed by atoms with Gasteiger partial charge in [0.05, 0.1) is 0 Å². The molecule has 0 spiro atoms. The number of nitrogens with one attached hydrogen (secondary N) is 1. The molecule has 1 N–H and O–H groups in total. The number of amides is 1. The highest BCUT2D eigenvalue weighted by Gasteiger charge is 2.23. The van der Waals surface area contributed by atoms with Gasteiger partial charge in [0.15, 0.2) is 0 Å². The second kappa shape index (κ2) is 8.84. The molecule has 0 saturated carbocycles. The monoisotopic (exact) mass is 350 g/mol. The summed E-state index contributed by atoms with van der Waals surface area (Å²) in [6.07, 6.45) is 4.83. The average molecular weight is 351 g/mol. The Kier molecular flexibility index (Phi) is 6.52. The predicted octanol–water partition coefficient (Wildman–Crippen LogP) is 3.24. The lowest BCUT2D eigenvalue weighted by Crippen LogP contribution is -2.45. The molecule has 1 amide bonds. The molecular weight excluding hydrogens is 324 g/mol. The van der Waals surface area contributed by atoms with Crippen LogP contribution < -0.4 is 5.32 Å². The van der Waals surface area contributed by atoms with Crippen LogP contribution in [0.5, 0.6) is 0 Å². The van der Waals surface area contributed by atoms with Gasteiger partial charge in [0, 0.05) is 50.3 Å². The fourth-order valence-electron chi connectivity index (χ4n) is 3.62. The minimum atomic E-state index is 0.190. The van der Waals surface area contributed by atoms with Gasteiger partial charge in [-0.15, -0.1) is 0 Å². The second-order valence-electron chi connectivity index (χ2n) is 7.00. The molecule has 0 bridgehead atoms. The summed E-state index contributed by atoms with van der Waals surface area (Å²) >= 11 is 6.24. The van der Waals surface area contributed by atoms with Gasteiger partial charge in [0.1, 0.15) is 0 Å². The molecule has 2 aliphatic heterocycles. The van der Waals surface area contributed by atoms with Gasteiger partial charge in [0.25, 0.3) is 0 Å². The number of benzene rings is 1. The molecule has 2 aliphatic rings. The van der Waals surface area contributed by atoms with E-state index in [2.05, 4.69) is 16.3 Å². The maximum atomic E-state index is 12.2. The zero-order valence-electron chi connectivity index (χ0n) is 14.2. The molecule has 24 heavy (non-hydrogen) atoms. The lowest BCUT2D eigenvalue weighted by atomic mass is 9.97. The molecule has 0 unspecified atom stereocenters. The Morgan fingerprint density at radius 2 is 2.04 bits per heavy atom. The van der Waals surface area contributed by atoms with Crippen LogP contribution in [-0.2, 0) is 16.1 Å². The molecule has 3 rings (SSSR count). The van der Waals surface area contributed by atoms with E-state index in [4.69, 9.17) is 16.3 Å². The van der Waals surface area contributed by atoms with Crippen molar-refractivity contribution in [1.82, 2.24) is 10.2 Å². The molecule has 2 saturated heterocycles. The number of hydrogen-bond acceptors (Lipinski definition) is 3. The van der Waals surface area contributed by atoms with E-state index >= 15 is 0 Å². The van der Waals surface area contributed by atoms with Crippen molar-refractivity contribution < 1.29 is 9.53 Å². The Bertz CT molecular complexity index is 538. The first-order valence-corrected chi connectivity index (χ1v) is 9.41. The molecule has 1 atom stereocenters. The van der Waals surface area contributed by atoms with Crippen LogP contribution in [0.1, 0.15) is 37.7 Å². The summed E-state index contributed by atoms with van der Waals surface area (Å²) in [5.41, 5.74) is 1.18. The Hall–Kier alpha value is -1.10. The minimum Gasteiger partial charge on any atom is -0.381 e. The van der Waals surface area contributed by atoms with E-state index in [1.165, 1.54) is 5.56 Å². The smallest absolute Gasteiger partial charge is 0.220 e. The van der Waals surface area contributed by atoms with Gasteiger partial charge in [0.2, 0.25) is 5.91 Å². The first-order valence-electron chi connectivity index (χ1n) is 9.03. The standard InChI is InChI=1S/C19H27ClN2O2/c20-18-6-2-1-5-16(18)13-22-9-7-17(8-10-22)21-19(23)12-15-4-3-11-24-14-15/h1-2,5-6,15,17H,3-4,7-14H2,(H,21,23)/t15-/m1/s1. The molecule has 5 heteroatoms. The zero-order valence-corrected chi connectivity index (χ0v) is 14.9. The van der Waals surface area contributed by atoms with E-state index in [1.54, 1.807) is 0 Å². The number of hydrogen-bond donors (Lipinski definition) is 1. The van der Waals surface area contributed by atoms with Crippen molar-refractivity contribution in [3.8, 4) is 0 Å². The lowest BCUT2D eigenvalue weighted by Gasteiger charge is -2.33. The molecule has 4 nitrogen and oxygen atoms in total. The van der Waals surface area contributed by atoms with Crippen LogP contribution in [0.15, 0.2) is 24.3 Å². The Balaban J connectivity index is 1.38. The lowest BCUT2D eigenvalue weighted by molar-refractivity contribution is -0.124. The van der Waals surface area contributed by atoms with Gasteiger partial charge in [-0.25, -0.2) is 0 Å². The van der Waals surface area contributed by atoms with Gasteiger partial charge in [-0.05, 0) is 43.2 Å². The maximum Gasteiger partial charge on any atom is 0.220 e. The van der Waals surface area contributed by atoms with Crippen LogP contribution in [0.2, 0.25) is 5.02 Å². The van der Waals surface area contributed by atoms with Crippen molar-refractivity contribution in [2.45, 2.75) is 44.7 Å². The van der Waals surface area contributed by atoms with Gasteiger partial charge in [-0.1, -0.05) is 29.8 Å². The number of ether oxygens (including phenoxy) is 1. The Morgan fingerprint density at radius 3 is 2.75 bits per heavy atom. The molecular formula is C19H27ClN2O2. The van der Waals surface area contributed by atoms with Gasteiger partial charge < -0.3 is 10.1 Å². The summed E-state index contributed by atoms with van der Waals surface area (Å²) < 4.78 is 5.46. The summed E-state index contributed by atoms with van der Waals surface area (Å²) in [6.45, 7) is 4.48. The van der Waals surface area contributed by atoms with Crippen molar-refractivity contribution in [3.63, 3.8) is 0 Å². The average Bonchev–Trinajstić information content (AvgIpc) is 2.59. The first-order chi connectivity index (χ1) is 11.7. The SMILES string of the molecule is O=C(C[C@H]1CCCOC1)NC1CCN(Cc2ccccc2Cl)CC1. The summed E-state index contributed by atoms with van der Waals surface area (Å²) in [4.78, 5) is 14.6. The van der Waals surface area contributed by atoms with Crippen molar-refractivity contribution in [2.24, 2.45) is 5.92 Å².